The van der Waals surface area contributed by atoms with Gasteiger partial charge in [0.1, 0.15) is 5.69 Å². The van der Waals surface area contributed by atoms with E-state index in [1.54, 1.807) is 43.3 Å². The zero-order chi connectivity index (χ0) is 18.2. The highest BCUT2D eigenvalue weighted by Crippen LogP contribution is 2.38. The van der Waals surface area contributed by atoms with Crippen molar-refractivity contribution in [2.45, 2.75) is 13.1 Å². The van der Waals surface area contributed by atoms with E-state index in [4.69, 9.17) is 0 Å². The molecule has 2 aromatic carbocycles. The Morgan fingerprint density at radius 2 is 1.72 bits per heavy atom. The lowest BCUT2D eigenvalue weighted by Crippen LogP contribution is -2.20. The average Bonchev–Trinajstić information content (AvgIpc) is 2.60. The van der Waals surface area contributed by atoms with Gasteiger partial charge >= 0.3 is 6.18 Å². The Labute approximate surface area is 142 Å². The largest absolute Gasteiger partial charge is 0.418 e. The zero-order valence-corrected chi connectivity index (χ0v) is 13.6. The molecule has 1 N–H and O–H groups in total. The van der Waals surface area contributed by atoms with Crippen molar-refractivity contribution in [2.75, 3.05) is 7.05 Å². The number of hydrogen-bond donors (Lipinski definition) is 1. The smallest absolute Gasteiger partial charge is 0.354 e. The van der Waals surface area contributed by atoms with Gasteiger partial charge in [-0.2, -0.15) is 13.2 Å². The number of pyridine rings is 1. The molecule has 0 saturated carbocycles. The van der Waals surface area contributed by atoms with Crippen LogP contribution in [0.3, 0.4) is 0 Å². The zero-order valence-electron chi connectivity index (χ0n) is 13.6. The lowest BCUT2D eigenvalue weighted by atomic mass is 9.96. The molecule has 3 nitrogen and oxygen atoms in total. The summed E-state index contributed by atoms with van der Waals surface area (Å²) in [6, 6.07) is 13.1. The maximum Gasteiger partial charge on any atom is 0.418 e. The number of rotatable bonds is 2. The van der Waals surface area contributed by atoms with Crippen LogP contribution >= 0.6 is 0 Å². The average molecular weight is 344 g/mol. The van der Waals surface area contributed by atoms with E-state index in [1.165, 1.54) is 13.1 Å². The molecule has 0 fully saturated rings. The number of halogens is 3. The SMILES string of the molecule is CNC(=O)c1cc(C)c2cc(-c3ccccc3)cc(C(F)(F)F)c2n1. The van der Waals surface area contributed by atoms with Crippen molar-refractivity contribution >= 4 is 16.8 Å². The van der Waals surface area contributed by atoms with Gasteiger partial charge in [0.2, 0.25) is 0 Å². The van der Waals surface area contributed by atoms with E-state index in [-0.39, 0.29) is 11.2 Å². The van der Waals surface area contributed by atoms with Crippen LogP contribution < -0.4 is 5.32 Å². The minimum Gasteiger partial charge on any atom is -0.354 e. The molecule has 1 aromatic heterocycles. The molecule has 1 heterocycles. The number of carbonyl (C=O) groups excluding carboxylic acids is 1. The van der Waals surface area contributed by atoms with Gasteiger partial charge in [0, 0.05) is 12.4 Å². The molecule has 128 valence electrons. The number of benzene rings is 2. The van der Waals surface area contributed by atoms with Crippen LogP contribution in [0.15, 0.2) is 48.5 Å². The standard InChI is InChI=1S/C19H15F3N2O/c1-11-8-16(18(25)23-2)24-17-14(11)9-13(10-15(17)19(20,21)22)12-6-4-3-5-7-12/h3-10H,1-2H3,(H,23,25). The Morgan fingerprint density at radius 3 is 2.32 bits per heavy atom. The van der Waals surface area contributed by atoms with Crippen molar-refractivity contribution in [3.63, 3.8) is 0 Å². The maximum atomic E-state index is 13.6. The van der Waals surface area contributed by atoms with Crippen LogP contribution in [0.4, 0.5) is 13.2 Å². The molecule has 25 heavy (non-hydrogen) atoms. The molecule has 6 heteroatoms. The molecule has 0 aliphatic rings. The molecule has 3 rings (SSSR count). The Balaban J connectivity index is 2.36. The molecule has 0 saturated heterocycles. The number of nitrogens with one attached hydrogen (secondary N) is 1. The molecule has 0 aliphatic heterocycles. The molecule has 0 aliphatic carbocycles. The van der Waals surface area contributed by atoms with E-state index in [2.05, 4.69) is 10.3 Å². The van der Waals surface area contributed by atoms with E-state index in [9.17, 15) is 18.0 Å². The number of amides is 1. The molecule has 1 amide bonds. The highest BCUT2D eigenvalue weighted by molar-refractivity contribution is 5.97. The van der Waals surface area contributed by atoms with Crippen LogP contribution in [0, 0.1) is 6.92 Å². The minimum atomic E-state index is -4.58. The number of alkyl halides is 3. The Kier molecular flexibility index (Phi) is 4.20. The third kappa shape index (κ3) is 3.20. The molecule has 0 spiro atoms. The number of hydrogen-bond acceptors (Lipinski definition) is 2. The fourth-order valence-electron chi connectivity index (χ4n) is 2.75. The first-order chi connectivity index (χ1) is 11.8. The van der Waals surface area contributed by atoms with Gasteiger partial charge in [-0.05, 0) is 41.8 Å². The van der Waals surface area contributed by atoms with Crippen molar-refractivity contribution in [3.8, 4) is 11.1 Å². The maximum absolute atomic E-state index is 13.6. The molecule has 0 radical (unpaired) electrons. The Bertz CT molecular complexity index is 950. The van der Waals surface area contributed by atoms with Gasteiger partial charge in [0.25, 0.3) is 5.91 Å². The molecule has 0 unspecified atom stereocenters. The van der Waals surface area contributed by atoms with E-state index in [0.29, 0.717) is 22.1 Å². The number of nitrogens with zero attached hydrogens (tertiary/aromatic N) is 1. The second-order valence-electron chi connectivity index (χ2n) is 5.69. The molecule has 0 atom stereocenters. The van der Waals surface area contributed by atoms with Gasteiger partial charge in [-0.1, -0.05) is 30.3 Å². The summed E-state index contributed by atoms with van der Waals surface area (Å²) in [5.41, 5.74) is 0.600. The number of fused-ring (bicyclic) bond motifs is 1. The first-order valence-corrected chi connectivity index (χ1v) is 7.61. The van der Waals surface area contributed by atoms with E-state index in [1.807, 2.05) is 0 Å². The van der Waals surface area contributed by atoms with Crippen molar-refractivity contribution in [2.24, 2.45) is 0 Å². The first-order valence-electron chi connectivity index (χ1n) is 7.61. The lowest BCUT2D eigenvalue weighted by molar-refractivity contribution is -0.136. The third-order valence-electron chi connectivity index (χ3n) is 3.99. The van der Waals surface area contributed by atoms with Crippen molar-refractivity contribution in [1.29, 1.82) is 0 Å². The first kappa shape index (κ1) is 17.0. The van der Waals surface area contributed by atoms with Crippen LogP contribution in [-0.4, -0.2) is 17.9 Å². The van der Waals surface area contributed by atoms with Crippen LogP contribution in [0.2, 0.25) is 0 Å². The molecular weight excluding hydrogens is 329 g/mol. The summed E-state index contributed by atoms with van der Waals surface area (Å²) in [5, 5.41) is 2.76. The quantitative estimate of drug-likeness (QED) is 0.739. The van der Waals surface area contributed by atoms with E-state index in [0.717, 1.165) is 6.07 Å². The Morgan fingerprint density at radius 1 is 1.04 bits per heavy atom. The van der Waals surface area contributed by atoms with Gasteiger partial charge < -0.3 is 5.32 Å². The van der Waals surface area contributed by atoms with E-state index >= 15 is 0 Å². The van der Waals surface area contributed by atoms with Gasteiger partial charge in [-0.25, -0.2) is 4.98 Å². The van der Waals surface area contributed by atoms with Crippen molar-refractivity contribution in [3.05, 3.63) is 65.4 Å². The van der Waals surface area contributed by atoms with Crippen molar-refractivity contribution < 1.29 is 18.0 Å². The summed E-state index contributed by atoms with van der Waals surface area (Å²) in [5.74, 6) is -0.523. The van der Waals surface area contributed by atoms with E-state index < -0.39 is 17.6 Å². The topological polar surface area (TPSA) is 42.0 Å². The second-order valence-corrected chi connectivity index (χ2v) is 5.69. The summed E-state index contributed by atoms with van der Waals surface area (Å²) >= 11 is 0. The molecule has 3 aromatic rings. The predicted molar refractivity (Wildman–Crippen MR) is 90.3 cm³/mol. The molecular formula is C19H15F3N2O. The van der Waals surface area contributed by atoms with Gasteiger partial charge in [-0.15, -0.1) is 0 Å². The summed E-state index contributed by atoms with van der Waals surface area (Å²) in [7, 11) is 1.41. The van der Waals surface area contributed by atoms with Crippen LogP contribution in [0.25, 0.3) is 22.0 Å². The monoisotopic (exact) mass is 344 g/mol. The lowest BCUT2D eigenvalue weighted by Gasteiger charge is -2.15. The van der Waals surface area contributed by atoms with Crippen molar-refractivity contribution in [1.82, 2.24) is 10.3 Å². The van der Waals surface area contributed by atoms with Gasteiger partial charge in [0.05, 0.1) is 11.1 Å². The predicted octanol–water partition coefficient (Wildman–Crippen LogP) is 4.59. The van der Waals surface area contributed by atoms with Crippen LogP contribution in [-0.2, 0) is 6.18 Å². The Hall–Kier alpha value is -2.89. The normalized spacial score (nSPS) is 11.6. The van der Waals surface area contributed by atoms with Gasteiger partial charge in [0.15, 0.2) is 0 Å². The number of carbonyl (C=O) groups is 1. The van der Waals surface area contributed by atoms with Gasteiger partial charge in [-0.3, -0.25) is 4.79 Å². The highest BCUT2D eigenvalue weighted by Gasteiger charge is 2.34. The number of aryl methyl sites for hydroxylation is 1. The van der Waals surface area contributed by atoms with Crippen LogP contribution in [0.5, 0.6) is 0 Å². The number of aromatic nitrogens is 1. The summed E-state index contributed by atoms with van der Waals surface area (Å²) in [4.78, 5) is 15.8. The minimum absolute atomic E-state index is 0.0366. The highest BCUT2D eigenvalue weighted by atomic mass is 19.4. The van der Waals surface area contributed by atoms with Crippen LogP contribution in [0.1, 0.15) is 21.6 Å². The fourth-order valence-corrected chi connectivity index (χ4v) is 2.75. The summed E-state index contributed by atoms with van der Waals surface area (Å²) in [6.45, 7) is 1.67. The fraction of sp³-hybridized carbons (Fsp3) is 0.158. The second kappa shape index (κ2) is 6.20. The summed E-state index contributed by atoms with van der Waals surface area (Å²) < 4.78 is 40.9. The summed E-state index contributed by atoms with van der Waals surface area (Å²) in [6.07, 6.45) is -4.58. The third-order valence-corrected chi connectivity index (χ3v) is 3.99. The molecule has 0 bridgehead atoms.